The van der Waals surface area contributed by atoms with Crippen molar-refractivity contribution in [1.82, 2.24) is 4.98 Å². The van der Waals surface area contributed by atoms with Crippen molar-refractivity contribution in [3.05, 3.63) is 22.7 Å². The molecule has 0 saturated heterocycles. The highest BCUT2D eigenvalue weighted by Gasteiger charge is 2.09. The number of rotatable bonds is 6. The number of thiazole rings is 1. The van der Waals surface area contributed by atoms with Crippen molar-refractivity contribution in [2.45, 2.75) is 6.10 Å². The van der Waals surface area contributed by atoms with Gasteiger partial charge in [0, 0.05) is 25.2 Å². The smallest absolute Gasteiger partial charge is 0.183 e. The number of halogens is 1. The highest BCUT2D eigenvalue weighted by Crippen LogP contribution is 2.28. The molecule has 0 aliphatic heterocycles. The molecule has 0 aliphatic rings. The van der Waals surface area contributed by atoms with E-state index in [2.05, 4.69) is 32.3 Å². The van der Waals surface area contributed by atoms with E-state index >= 15 is 0 Å². The molecule has 1 aromatic carbocycles. The summed E-state index contributed by atoms with van der Waals surface area (Å²) in [6.45, 7) is 1.26. The largest absolute Gasteiger partial charge is 0.382 e. The molecule has 98 valence electrons. The van der Waals surface area contributed by atoms with Crippen LogP contribution in [0.3, 0.4) is 0 Å². The molecular weight excluding hydrogens is 316 g/mol. The van der Waals surface area contributed by atoms with E-state index in [4.69, 9.17) is 9.47 Å². The molecule has 1 N–H and O–H groups in total. The molecule has 1 aromatic heterocycles. The summed E-state index contributed by atoms with van der Waals surface area (Å²) in [5.74, 6) is 0. The van der Waals surface area contributed by atoms with E-state index in [9.17, 15) is 0 Å². The maximum atomic E-state index is 5.29. The molecule has 1 heterocycles. The minimum atomic E-state index is 0.0359. The quantitative estimate of drug-likeness (QED) is 0.883. The van der Waals surface area contributed by atoms with Gasteiger partial charge in [0.2, 0.25) is 0 Å². The summed E-state index contributed by atoms with van der Waals surface area (Å²) in [5.41, 5.74) is 0.998. The van der Waals surface area contributed by atoms with Gasteiger partial charge in [0.15, 0.2) is 5.13 Å². The van der Waals surface area contributed by atoms with E-state index in [1.54, 1.807) is 25.6 Å². The van der Waals surface area contributed by atoms with Crippen molar-refractivity contribution in [3.8, 4) is 0 Å². The van der Waals surface area contributed by atoms with Crippen LogP contribution in [-0.4, -0.2) is 38.5 Å². The summed E-state index contributed by atoms with van der Waals surface area (Å²) in [6, 6.07) is 6.10. The van der Waals surface area contributed by atoms with E-state index in [-0.39, 0.29) is 6.10 Å². The SMILES string of the molecule is COCC(CNc1nc2cc(Br)ccc2s1)OC. The van der Waals surface area contributed by atoms with Gasteiger partial charge in [-0.05, 0) is 18.2 Å². The molecule has 2 aromatic rings. The number of ether oxygens (including phenoxy) is 2. The lowest BCUT2D eigenvalue weighted by molar-refractivity contribution is 0.0365. The summed E-state index contributed by atoms with van der Waals surface area (Å²) in [5, 5.41) is 4.18. The van der Waals surface area contributed by atoms with Gasteiger partial charge in [0.1, 0.15) is 0 Å². The van der Waals surface area contributed by atoms with Crippen LogP contribution in [0, 0.1) is 0 Å². The normalized spacial score (nSPS) is 12.8. The second-order valence-corrected chi connectivity index (χ2v) is 5.77. The average Bonchev–Trinajstić information content (AvgIpc) is 2.76. The van der Waals surface area contributed by atoms with Crippen molar-refractivity contribution in [2.75, 3.05) is 32.7 Å². The van der Waals surface area contributed by atoms with Gasteiger partial charge in [-0.15, -0.1) is 0 Å². The van der Waals surface area contributed by atoms with E-state index in [1.165, 1.54) is 4.70 Å². The van der Waals surface area contributed by atoms with Crippen molar-refractivity contribution < 1.29 is 9.47 Å². The summed E-state index contributed by atoms with van der Waals surface area (Å²) in [6.07, 6.45) is 0.0359. The fourth-order valence-electron chi connectivity index (χ4n) is 1.57. The highest BCUT2D eigenvalue weighted by atomic mass is 79.9. The number of anilines is 1. The molecule has 0 saturated carbocycles. The number of hydrogen-bond acceptors (Lipinski definition) is 5. The Hall–Kier alpha value is -0.690. The third-order valence-electron chi connectivity index (χ3n) is 2.52. The maximum absolute atomic E-state index is 5.29. The van der Waals surface area contributed by atoms with Gasteiger partial charge in [-0.2, -0.15) is 0 Å². The van der Waals surface area contributed by atoms with Crippen molar-refractivity contribution in [3.63, 3.8) is 0 Å². The summed E-state index contributed by atoms with van der Waals surface area (Å²) < 4.78 is 12.6. The standard InChI is InChI=1S/C12H15BrN2O2S/c1-16-7-9(17-2)6-14-12-15-10-5-8(13)3-4-11(10)18-12/h3-5,9H,6-7H2,1-2H3,(H,14,15). The monoisotopic (exact) mass is 330 g/mol. The molecule has 18 heavy (non-hydrogen) atoms. The maximum Gasteiger partial charge on any atom is 0.183 e. The molecule has 0 fully saturated rings. The van der Waals surface area contributed by atoms with Crippen LogP contribution in [-0.2, 0) is 9.47 Å². The van der Waals surface area contributed by atoms with E-state index < -0.39 is 0 Å². The lowest BCUT2D eigenvalue weighted by atomic mass is 10.3. The first-order valence-corrected chi connectivity index (χ1v) is 7.15. The Bertz CT molecular complexity index is 518. The number of fused-ring (bicyclic) bond motifs is 1. The molecule has 4 nitrogen and oxygen atoms in total. The van der Waals surface area contributed by atoms with E-state index in [0.29, 0.717) is 13.2 Å². The van der Waals surface area contributed by atoms with Crippen LogP contribution in [0.2, 0.25) is 0 Å². The molecule has 0 aliphatic carbocycles. The molecule has 1 atom stereocenters. The Morgan fingerprint density at radius 1 is 1.44 bits per heavy atom. The predicted molar refractivity (Wildman–Crippen MR) is 78.5 cm³/mol. The van der Waals surface area contributed by atoms with Gasteiger partial charge in [0.05, 0.1) is 22.9 Å². The second-order valence-electron chi connectivity index (χ2n) is 3.83. The summed E-state index contributed by atoms with van der Waals surface area (Å²) >= 11 is 5.08. The Morgan fingerprint density at radius 3 is 3.00 bits per heavy atom. The second kappa shape index (κ2) is 6.47. The number of benzene rings is 1. The van der Waals surface area contributed by atoms with Crippen molar-refractivity contribution in [1.29, 1.82) is 0 Å². The van der Waals surface area contributed by atoms with Crippen LogP contribution in [0.25, 0.3) is 10.2 Å². The van der Waals surface area contributed by atoms with Crippen LogP contribution in [0.15, 0.2) is 22.7 Å². The van der Waals surface area contributed by atoms with Crippen LogP contribution >= 0.6 is 27.3 Å². The van der Waals surface area contributed by atoms with Crippen LogP contribution in [0.4, 0.5) is 5.13 Å². The Kier molecular flexibility index (Phi) is 4.94. The molecule has 0 amide bonds. The van der Waals surface area contributed by atoms with Crippen LogP contribution < -0.4 is 5.32 Å². The molecule has 0 radical (unpaired) electrons. The zero-order chi connectivity index (χ0) is 13.0. The number of methoxy groups -OCH3 is 2. The minimum absolute atomic E-state index is 0.0359. The number of nitrogens with one attached hydrogen (secondary N) is 1. The topological polar surface area (TPSA) is 43.4 Å². The van der Waals surface area contributed by atoms with Gasteiger partial charge >= 0.3 is 0 Å². The molecular formula is C12H15BrN2O2S. The first-order valence-electron chi connectivity index (χ1n) is 5.54. The lowest BCUT2D eigenvalue weighted by Crippen LogP contribution is -2.26. The molecule has 2 rings (SSSR count). The van der Waals surface area contributed by atoms with Gasteiger partial charge in [-0.25, -0.2) is 4.98 Å². The fourth-order valence-corrected chi connectivity index (χ4v) is 2.78. The minimum Gasteiger partial charge on any atom is -0.382 e. The highest BCUT2D eigenvalue weighted by molar-refractivity contribution is 9.10. The third kappa shape index (κ3) is 3.41. The van der Waals surface area contributed by atoms with Crippen molar-refractivity contribution in [2.24, 2.45) is 0 Å². The van der Waals surface area contributed by atoms with Gasteiger partial charge in [-0.1, -0.05) is 27.3 Å². The van der Waals surface area contributed by atoms with Gasteiger partial charge in [0.25, 0.3) is 0 Å². The van der Waals surface area contributed by atoms with Gasteiger partial charge < -0.3 is 14.8 Å². The van der Waals surface area contributed by atoms with Crippen LogP contribution in [0.1, 0.15) is 0 Å². The number of hydrogen-bond donors (Lipinski definition) is 1. The van der Waals surface area contributed by atoms with Gasteiger partial charge in [-0.3, -0.25) is 0 Å². The van der Waals surface area contributed by atoms with Crippen LogP contribution in [0.5, 0.6) is 0 Å². The van der Waals surface area contributed by atoms with E-state index in [0.717, 1.165) is 15.1 Å². The zero-order valence-electron chi connectivity index (χ0n) is 10.3. The lowest BCUT2D eigenvalue weighted by Gasteiger charge is -2.14. The third-order valence-corrected chi connectivity index (χ3v) is 4.00. The van der Waals surface area contributed by atoms with Crippen molar-refractivity contribution >= 4 is 42.6 Å². The molecule has 0 bridgehead atoms. The Balaban J connectivity index is 2.03. The first-order chi connectivity index (χ1) is 8.72. The first kappa shape index (κ1) is 13.7. The Labute approximate surface area is 118 Å². The zero-order valence-corrected chi connectivity index (χ0v) is 12.7. The molecule has 1 unspecified atom stereocenters. The average molecular weight is 331 g/mol. The van der Waals surface area contributed by atoms with E-state index in [1.807, 2.05) is 12.1 Å². The number of aromatic nitrogens is 1. The molecule has 6 heteroatoms. The number of nitrogens with zero attached hydrogens (tertiary/aromatic N) is 1. The Morgan fingerprint density at radius 2 is 2.28 bits per heavy atom. The fraction of sp³-hybridized carbons (Fsp3) is 0.417. The summed E-state index contributed by atoms with van der Waals surface area (Å²) in [4.78, 5) is 4.52. The molecule has 0 spiro atoms. The summed E-state index contributed by atoms with van der Waals surface area (Å²) in [7, 11) is 3.35. The predicted octanol–water partition coefficient (Wildman–Crippen LogP) is 3.13.